The maximum absolute atomic E-state index is 4.28. The molecule has 4 heteroatoms. The van der Waals surface area contributed by atoms with Gasteiger partial charge in [-0.3, -0.25) is 4.98 Å². The zero-order valence-corrected chi connectivity index (χ0v) is 7.38. The molecule has 2 rings (SSSR count). The Bertz CT molecular complexity index is 402. The van der Waals surface area contributed by atoms with Gasteiger partial charge in [0.25, 0.3) is 0 Å². The molecule has 60 valence electrons. The molecular weight excluding hydrogens is 170 g/mol. The van der Waals surface area contributed by atoms with Crippen molar-refractivity contribution in [3.05, 3.63) is 24.5 Å². The topological polar surface area (TPSA) is 38.7 Å². The van der Waals surface area contributed by atoms with Crippen molar-refractivity contribution in [3.63, 3.8) is 0 Å². The summed E-state index contributed by atoms with van der Waals surface area (Å²) in [5.41, 5.74) is 1.56. The summed E-state index contributed by atoms with van der Waals surface area (Å²) in [4.78, 5) is 12.6. The van der Waals surface area contributed by atoms with Gasteiger partial charge in [-0.05, 0) is 18.4 Å². The summed E-state index contributed by atoms with van der Waals surface area (Å²) in [6.07, 6.45) is 5.45. The number of rotatable bonds is 1. The SMILES string of the molecule is CSc1cnc2cccnc2n1. The summed E-state index contributed by atoms with van der Waals surface area (Å²) in [6.45, 7) is 0. The molecule has 0 fully saturated rings. The first-order chi connectivity index (χ1) is 5.90. The van der Waals surface area contributed by atoms with Crippen molar-refractivity contribution in [1.29, 1.82) is 0 Å². The highest BCUT2D eigenvalue weighted by Gasteiger charge is 1.97. The van der Waals surface area contributed by atoms with E-state index in [1.54, 1.807) is 24.2 Å². The van der Waals surface area contributed by atoms with Crippen LogP contribution in [0.1, 0.15) is 0 Å². The Morgan fingerprint density at radius 1 is 1.33 bits per heavy atom. The van der Waals surface area contributed by atoms with Crippen LogP contribution < -0.4 is 0 Å². The largest absolute Gasteiger partial charge is 0.250 e. The van der Waals surface area contributed by atoms with Crippen molar-refractivity contribution in [2.45, 2.75) is 5.03 Å². The van der Waals surface area contributed by atoms with Gasteiger partial charge < -0.3 is 0 Å². The zero-order chi connectivity index (χ0) is 8.39. The van der Waals surface area contributed by atoms with E-state index in [-0.39, 0.29) is 0 Å². The molecule has 0 aromatic carbocycles. The average Bonchev–Trinajstić information content (AvgIpc) is 2.17. The maximum atomic E-state index is 4.28. The van der Waals surface area contributed by atoms with Crippen LogP contribution in [0.3, 0.4) is 0 Å². The molecule has 0 N–H and O–H groups in total. The first-order valence-corrected chi connectivity index (χ1v) is 4.74. The van der Waals surface area contributed by atoms with Crippen LogP contribution in [0, 0.1) is 0 Å². The highest BCUT2D eigenvalue weighted by Crippen LogP contribution is 2.12. The van der Waals surface area contributed by atoms with E-state index in [4.69, 9.17) is 0 Å². The van der Waals surface area contributed by atoms with E-state index < -0.39 is 0 Å². The first-order valence-electron chi connectivity index (χ1n) is 3.52. The molecule has 0 atom stereocenters. The van der Waals surface area contributed by atoms with Crippen LogP contribution in [0.5, 0.6) is 0 Å². The van der Waals surface area contributed by atoms with E-state index in [2.05, 4.69) is 15.0 Å². The lowest BCUT2D eigenvalue weighted by atomic mass is 10.4. The van der Waals surface area contributed by atoms with E-state index >= 15 is 0 Å². The Labute approximate surface area is 74.3 Å². The molecule has 0 bridgehead atoms. The lowest BCUT2D eigenvalue weighted by Gasteiger charge is -1.96. The Morgan fingerprint density at radius 3 is 3.08 bits per heavy atom. The van der Waals surface area contributed by atoms with E-state index in [0.29, 0.717) is 5.65 Å². The quantitative estimate of drug-likeness (QED) is 0.622. The number of hydrogen-bond acceptors (Lipinski definition) is 4. The van der Waals surface area contributed by atoms with Gasteiger partial charge in [0.1, 0.15) is 10.5 Å². The van der Waals surface area contributed by atoms with Gasteiger partial charge >= 0.3 is 0 Å². The molecule has 0 radical (unpaired) electrons. The van der Waals surface area contributed by atoms with Crippen LogP contribution in [-0.4, -0.2) is 21.2 Å². The fourth-order valence-electron chi connectivity index (χ4n) is 0.932. The molecule has 2 aromatic rings. The van der Waals surface area contributed by atoms with Crippen molar-refractivity contribution in [2.24, 2.45) is 0 Å². The molecule has 2 heterocycles. The Hall–Kier alpha value is -1.16. The van der Waals surface area contributed by atoms with Gasteiger partial charge in [0.05, 0.1) is 6.20 Å². The van der Waals surface area contributed by atoms with Gasteiger partial charge in [-0.25, -0.2) is 9.97 Å². The number of nitrogens with zero attached hydrogens (tertiary/aromatic N) is 3. The molecule has 0 spiro atoms. The fourth-order valence-corrected chi connectivity index (χ4v) is 1.27. The van der Waals surface area contributed by atoms with Crippen LogP contribution >= 0.6 is 11.8 Å². The van der Waals surface area contributed by atoms with Gasteiger partial charge in [0.2, 0.25) is 0 Å². The minimum Gasteiger partial charge on any atom is -0.250 e. The van der Waals surface area contributed by atoms with Crippen molar-refractivity contribution in [2.75, 3.05) is 6.26 Å². The summed E-state index contributed by atoms with van der Waals surface area (Å²) >= 11 is 1.57. The number of hydrogen-bond donors (Lipinski definition) is 0. The summed E-state index contributed by atoms with van der Waals surface area (Å²) < 4.78 is 0. The number of thioether (sulfide) groups is 1. The molecule has 0 aliphatic rings. The summed E-state index contributed by atoms with van der Waals surface area (Å²) in [5.74, 6) is 0. The first kappa shape index (κ1) is 7.49. The highest BCUT2D eigenvalue weighted by atomic mass is 32.2. The molecule has 0 aliphatic carbocycles. The third-order valence-electron chi connectivity index (χ3n) is 1.51. The summed E-state index contributed by atoms with van der Waals surface area (Å²) in [5, 5.41) is 0.904. The number of pyridine rings is 1. The van der Waals surface area contributed by atoms with E-state index in [0.717, 1.165) is 10.5 Å². The van der Waals surface area contributed by atoms with Crippen molar-refractivity contribution in [3.8, 4) is 0 Å². The smallest absolute Gasteiger partial charge is 0.179 e. The third kappa shape index (κ3) is 1.25. The molecule has 0 saturated carbocycles. The lowest BCUT2D eigenvalue weighted by molar-refractivity contribution is 1.09. The van der Waals surface area contributed by atoms with Gasteiger partial charge in [0.15, 0.2) is 5.65 Å². The minimum atomic E-state index is 0.712. The third-order valence-corrected chi connectivity index (χ3v) is 2.12. The molecule has 12 heavy (non-hydrogen) atoms. The molecule has 0 amide bonds. The Kier molecular flexibility index (Phi) is 1.91. The lowest BCUT2D eigenvalue weighted by Crippen LogP contribution is -1.87. The molecule has 0 unspecified atom stereocenters. The van der Waals surface area contributed by atoms with Crippen molar-refractivity contribution < 1.29 is 0 Å². The predicted octanol–water partition coefficient (Wildman–Crippen LogP) is 1.75. The summed E-state index contributed by atoms with van der Waals surface area (Å²) in [7, 11) is 0. The highest BCUT2D eigenvalue weighted by molar-refractivity contribution is 7.98. The minimum absolute atomic E-state index is 0.712. The van der Waals surface area contributed by atoms with Crippen LogP contribution in [0.2, 0.25) is 0 Å². The van der Waals surface area contributed by atoms with Crippen molar-refractivity contribution >= 4 is 22.9 Å². The number of fused-ring (bicyclic) bond motifs is 1. The van der Waals surface area contributed by atoms with Gasteiger partial charge in [-0.2, -0.15) is 0 Å². The van der Waals surface area contributed by atoms with Crippen LogP contribution in [-0.2, 0) is 0 Å². The Balaban J connectivity index is 2.67. The van der Waals surface area contributed by atoms with Gasteiger partial charge in [0, 0.05) is 6.20 Å². The van der Waals surface area contributed by atoms with Gasteiger partial charge in [-0.1, -0.05) is 0 Å². The average molecular weight is 177 g/mol. The van der Waals surface area contributed by atoms with Crippen LogP contribution in [0.4, 0.5) is 0 Å². The predicted molar refractivity (Wildman–Crippen MR) is 49.1 cm³/mol. The van der Waals surface area contributed by atoms with Crippen LogP contribution in [0.15, 0.2) is 29.6 Å². The van der Waals surface area contributed by atoms with Crippen molar-refractivity contribution in [1.82, 2.24) is 15.0 Å². The fraction of sp³-hybridized carbons (Fsp3) is 0.125. The monoisotopic (exact) mass is 177 g/mol. The molecular formula is C8H7N3S. The van der Waals surface area contributed by atoms with E-state index in [1.807, 2.05) is 18.4 Å². The standard InChI is InChI=1S/C8H7N3S/c1-12-7-5-10-6-3-2-4-9-8(6)11-7/h2-5H,1H3. The van der Waals surface area contributed by atoms with E-state index in [1.165, 1.54) is 0 Å². The summed E-state index contributed by atoms with van der Waals surface area (Å²) in [6, 6.07) is 3.76. The Morgan fingerprint density at radius 2 is 2.25 bits per heavy atom. The van der Waals surface area contributed by atoms with Crippen LogP contribution in [0.25, 0.3) is 11.2 Å². The van der Waals surface area contributed by atoms with Gasteiger partial charge in [-0.15, -0.1) is 11.8 Å². The number of aromatic nitrogens is 3. The molecule has 0 saturated heterocycles. The maximum Gasteiger partial charge on any atom is 0.179 e. The second-order valence-electron chi connectivity index (χ2n) is 2.26. The molecule has 2 aromatic heterocycles. The second-order valence-corrected chi connectivity index (χ2v) is 3.09. The zero-order valence-electron chi connectivity index (χ0n) is 6.56. The molecule has 3 nitrogen and oxygen atoms in total. The normalized spacial score (nSPS) is 10.4. The molecule has 0 aliphatic heterocycles. The second kappa shape index (κ2) is 3.06. The van der Waals surface area contributed by atoms with E-state index in [9.17, 15) is 0 Å².